The van der Waals surface area contributed by atoms with Crippen LogP contribution in [0.5, 0.6) is 5.75 Å². The largest absolute Gasteiger partial charge is 0.508 e. The second kappa shape index (κ2) is 5.22. The number of phenolic OH excluding ortho intramolecular Hbond substituents is 1. The highest BCUT2D eigenvalue weighted by Crippen LogP contribution is 2.16. The molecule has 0 aliphatic heterocycles. The summed E-state index contributed by atoms with van der Waals surface area (Å²) >= 11 is 0. The van der Waals surface area contributed by atoms with Gasteiger partial charge in [0.15, 0.2) is 0 Å². The molecule has 0 atom stereocenters. The monoisotopic (exact) mass is 255 g/mol. The van der Waals surface area contributed by atoms with Crippen LogP contribution in [0.2, 0.25) is 0 Å². The van der Waals surface area contributed by atoms with Gasteiger partial charge in [-0.25, -0.2) is 0 Å². The fourth-order valence-corrected chi connectivity index (χ4v) is 1.61. The Kier molecular flexibility index (Phi) is 3.47. The molecule has 2 rings (SSSR count). The van der Waals surface area contributed by atoms with E-state index in [9.17, 15) is 9.90 Å². The van der Waals surface area contributed by atoms with Crippen molar-refractivity contribution < 1.29 is 9.90 Å². The van der Waals surface area contributed by atoms with Gasteiger partial charge in [0, 0.05) is 22.9 Å². The second-order valence-corrected chi connectivity index (χ2v) is 4.00. The molecule has 0 unspecified atom stereocenters. The van der Waals surface area contributed by atoms with Gasteiger partial charge in [0.05, 0.1) is 0 Å². The summed E-state index contributed by atoms with van der Waals surface area (Å²) in [5.41, 5.74) is 6.76. The van der Waals surface area contributed by atoms with Crippen molar-refractivity contribution in [1.29, 1.82) is 5.41 Å². The van der Waals surface area contributed by atoms with Gasteiger partial charge in [-0.2, -0.15) is 0 Å². The van der Waals surface area contributed by atoms with E-state index in [2.05, 4.69) is 5.32 Å². The fraction of sp³-hybridized carbons (Fsp3) is 0. The fourth-order valence-electron chi connectivity index (χ4n) is 1.61. The summed E-state index contributed by atoms with van der Waals surface area (Å²) in [6.07, 6.45) is 0. The Hall–Kier alpha value is -2.82. The molecular formula is C14H13N3O2. The highest BCUT2D eigenvalue weighted by molar-refractivity contribution is 6.06. The topological polar surface area (TPSA) is 99.2 Å². The summed E-state index contributed by atoms with van der Waals surface area (Å²) in [5, 5.41) is 19.3. The van der Waals surface area contributed by atoms with Crippen molar-refractivity contribution in [3.63, 3.8) is 0 Å². The van der Waals surface area contributed by atoms with E-state index in [-0.39, 0.29) is 17.5 Å². The van der Waals surface area contributed by atoms with Crippen LogP contribution in [-0.4, -0.2) is 16.8 Å². The molecule has 0 aliphatic carbocycles. The van der Waals surface area contributed by atoms with E-state index in [1.807, 2.05) is 0 Å². The molecule has 0 aromatic heterocycles. The van der Waals surface area contributed by atoms with E-state index >= 15 is 0 Å². The molecule has 0 spiro atoms. The van der Waals surface area contributed by atoms with Crippen molar-refractivity contribution >= 4 is 17.4 Å². The van der Waals surface area contributed by atoms with Crippen molar-refractivity contribution in [2.45, 2.75) is 0 Å². The third-order valence-electron chi connectivity index (χ3n) is 2.54. The van der Waals surface area contributed by atoms with Crippen molar-refractivity contribution in [2.75, 3.05) is 5.32 Å². The molecule has 0 aliphatic rings. The Bertz CT molecular complexity index is 638. The highest BCUT2D eigenvalue weighted by Gasteiger charge is 2.08. The Morgan fingerprint density at radius 3 is 2.47 bits per heavy atom. The summed E-state index contributed by atoms with van der Waals surface area (Å²) < 4.78 is 0. The van der Waals surface area contributed by atoms with Gasteiger partial charge in [0.1, 0.15) is 11.6 Å². The molecule has 0 saturated carbocycles. The number of carbonyl (C=O) groups is 1. The first-order valence-corrected chi connectivity index (χ1v) is 5.61. The minimum Gasteiger partial charge on any atom is -0.508 e. The zero-order valence-corrected chi connectivity index (χ0v) is 10.1. The first-order valence-electron chi connectivity index (χ1n) is 5.61. The number of hydrogen-bond acceptors (Lipinski definition) is 3. The van der Waals surface area contributed by atoms with Gasteiger partial charge in [-0.05, 0) is 24.3 Å². The summed E-state index contributed by atoms with van der Waals surface area (Å²) in [6.45, 7) is 0. The molecule has 5 heteroatoms. The Labute approximate surface area is 110 Å². The minimum atomic E-state index is -0.325. The summed E-state index contributed by atoms with van der Waals surface area (Å²) in [7, 11) is 0. The Balaban J connectivity index is 2.20. The number of anilines is 1. The zero-order valence-electron chi connectivity index (χ0n) is 10.1. The third kappa shape index (κ3) is 3.10. The number of carbonyl (C=O) groups excluding carboxylic acids is 1. The number of rotatable bonds is 3. The summed E-state index contributed by atoms with van der Waals surface area (Å²) in [4.78, 5) is 12.0. The van der Waals surface area contributed by atoms with Crippen molar-refractivity contribution in [3.8, 4) is 5.75 Å². The lowest BCUT2D eigenvalue weighted by atomic mass is 10.1. The molecule has 0 bridgehead atoms. The maximum absolute atomic E-state index is 12.0. The zero-order chi connectivity index (χ0) is 13.8. The number of aromatic hydroxyl groups is 1. The van der Waals surface area contributed by atoms with E-state index in [4.69, 9.17) is 11.1 Å². The SMILES string of the molecule is N=C(N)c1cccc(C(=O)Nc2cccc(O)c2)c1. The van der Waals surface area contributed by atoms with E-state index in [1.165, 1.54) is 12.1 Å². The standard InChI is InChI=1S/C14H13N3O2/c15-13(16)9-3-1-4-10(7-9)14(19)17-11-5-2-6-12(18)8-11/h1-8,18H,(H3,15,16)(H,17,19). The molecule has 0 saturated heterocycles. The lowest BCUT2D eigenvalue weighted by Crippen LogP contribution is -2.15. The van der Waals surface area contributed by atoms with Crippen molar-refractivity contribution in [2.24, 2.45) is 5.73 Å². The van der Waals surface area contributed by atoms with Crippen LogP contribution >= 0.6 is 0 Å². The van der Waals surface area contributed by atoms with Crippen LogP contribution in [0.4, 0.5) is 5.69 Å². The normalized spacial score (nSPS) is 9.89. The number of amides is 1. The number of hydrogen-bond donors (Lipinski definition) is 4. The quantitative estimate of drug-likeness (QED) is 0.498. The Morgan fingerprint density at radius 2 is 1.79 bits per heavy atom. The molecule has 0 heterocycles. The van der Waals surface area contributed by atoms with Gasteiger partial charge in [0.2, 0.25) is 0 Å². The van der Waals surface area contributed by atoms with Crippen LogP contribution in [0.1, 0.15) is 15.9 Å². The van der Waals surface area contributed by atoms with Gasteiger partial charge >= 0.3 is 0 Å². The van der Waals surface area contributed by atoms with E-state index in [1.54, 1.807) is 36.4 Å². The van der Waals surface area contributed by atoms with Crippen molar-refractivity contribution in [3.05, 3.63) is 59.7 Å². The third-order valence-corrected chi connectivity index (χ3v) is 2.54. The number of benzene rings is 2. The highest BCUT2D eigenvalue weighted by atomic mass is 16.3. The van der Waals surface area contributed by atoms with Crippen LogP contribution in [0, 0.1) is 5.41 Å². The van der Waals surface area contributed by atoms with Gasteiger partial charge in [-0.15, -0.1) is 0 Å². The number of nitrogen functional groups attached to an aromatic ring is 1. The smallest absolute Gasteiger partial charge is 0.255 e. The van der Waals surface area contributed by atoms with Crippen LogP contribution in [0.15, 0.2) is 48.5 Å². The molecule has 1 amide bonds. The van der Waals surface area contributed by atoms with Gasteiger partial charge in [-0.3, -0.25) is 10.2 Å². The Morgan fingerprint density at radius 1 is 1.11 bits per heavy atom. The molecule has 5 N–H and O–H groups in total. The number of phenols is 1. The number of nitrogens with two attached hydrogens (primary N) is 1. The first-order chi connectivity index (χ1) is 9.06. The van der Waals surface area contributed by atoms with Gasteiger partial charge in [0.25, 0.3) is 5.91 Å². The first kappa shape index (κ1) is 12.6. The lowest BCUT2D eigenvalue weighted by Gasteiger charge is -2.06. The molecule has 19 heavy (non-hydrogen) atoms. The average Bonchev–Trinajstić information content (AvgIpc) is 2.39. The number of amidine groups is 1. The molecule has 96 valence electrons. The molecular weight excluding hydrogens is 242 g/mol. The number of nitrogens with one attached hydrogen (secondary N) is 2. The molecule has 0 fully saturated rings. The molecule has 5 nitrogen and oxygen atoms in total. The van der Waals surface area contributed by atoms with E-state index < -0.39 is 0 Å². The van der Waals surface area contributed by atoms with E-state index in [0.29, 0.717) is 16.8 Å². The van der Waals surface area contributed by atoms with Gasteiger partial charge < -0.3 is 16.2 Å². The lowest BCUT2D eigenvalue weighted by molar-refractivity contribution is 0.102. The van der Waals surface area contributed by atoms with Crippen LogP contribution in [-0.2, 0) is 0 Å². The molecule has 2 aromatic carbocycles. The minimum absolute atomic E-state index is 0.0790. The van der Waals surface area contributed by atoms with E-state index in [0.717, 1.165) is 0 Å². The predicted molar refractivity (Wildman–Crippen MR) is 73.5 cm³/mol. The van der Waals surface area contributed by atoms with Crippen molar-refractivity contribution in [1.82, 2.24) is 0 Å². The average molecular weight is 255 g/mol. The van der Waals surface area contributed by atoms with Gasteiger partial charge in [-0.1, -0.05) is 18.2 Å². The van der Waals surface area contributed by atoms with Crippen LogP contribution in [0.3, 0.4) is 0 Å². The van der Waals surface area contributed by atoms with Crippen LogP contribution in [0.25, 0.3) is 0 Å². The van der Waals surface area contributed by atoms with Crippen LogP contribution < -0.4 is 11.1 Å². The second-order valence-electron chi connectivity index (χ2n) is 4.00. The summed E-state index contributed by atoms with van der Waals surface area (Å²) in [5.74, 6) is -0.337. The summed E-state index contributed by atoms with van der Waals surface area (Å²) in [6, 6.07) is 12.8. The molecule has 2 aromatic rings. The maximum atomic E-state index is 12.0. The molecule has 0 radical (unpaired) electrons. The predicted octanol–water partition coefficient (Wildman–Crippen LogP) is 1.93. The maximum Gasteiger partial charge on any atom is 0.255 e.